The van der Waals surface area contributed by atoms with E-state index >= 15 is 0 Å². The Morgan fingerprint density at radius 3 is 2.09 bits per heavy atom. The molecule has 0 aliphatic rings. The van der Waals surface area contributed by atoms with E-state index in [9.17, 15) is 4.79 Å². The Labute approximate surface area is 70.1 Å². The van der Waals surface area contributed by atoms with Gasteiger partial charge in [0, 0.05) is 13.1 Å². The van der Waals surface area contributed by atoms with E-state index in [1.807, 2.05) is 26.9 Å². The highest BCUT2D eigenvalue weighted by molar-refractivity contribution is 6.50. The van der Waals surface area contributed by atoms with Crippen LogP contribution in [0.3, 0.4) is 0 Å². The van der Waals surface area contributed by atoms with E-state index in [1.165, 1.54) is 0 Å². The number of nitrogens with zero attached hydrogens (tertiary/aromatic N) is 1. The number of hydrogen-bond donors (Lipinski definition) is 0. The molecule has 0 spiro atoms. The highest BCUT2D eigenvalue weighted by atomic mass is 28.3. The molecule has 0 saturated heterocycles. The largest absolute Gasteiger partial charge is 0.503 e. The Morgan fingerprint density at radius 1 is 1.36 bits per heavy atom. The summed E-state index contributed by atoms with van der Waals surface area (Å²) in [6, 6.07) is 0. The fraction of sp³-hybridized carbons (Fsp3) is 0.857. The fourth-order valence-electron chi connectivity index (χ4n) is 0.721. The number of carbonyl (C=O) groups excluding carboxylic acids is 1. The van der Waals surface area contributed by atoms with Crippen LogP contribution in [0.1, 0.15) is 13.8 Å². The average Bonchev–Trinajstić information content (AvgIpc) is 1.88. The summed E-state index contributed by atoms with van der Waals surface area (Å²) in [6.07, 6.45) is -0.172. The zero-order valence-electron chi connectivity index (χ0n) is 7.68. The van der Waals surface area contributed by atoms with Gasteiger partial charge in [-0.2, -0.15) is 0 Å². The zero-order chi connectivity index (χ0) is 8.85. The minimum absolute atomic E-state index is 0.172. The van der Waals surface area contributed by atoms with Crippen LogP contribution in [0.2, 0.25) is 13.1 Å². The molecule has 0 aromatic heterocycles. The lowest BCUT2D eigenvalue weighted by atomic mass is 10.6. The van der Waals surface area contributed by atoms with Gasteiger partial charge in [-0.3, -0.25) is 0 Å². The molecule has 0 rings (SSSR count). The second-order valence-electron chi connectivity index (χ2n) is 2.45. The van der Waals surface area contributed by atoms with Crippen LogP contribution in [-0.2, 0) is 4.43 Å². The van der Waals surface area contributed by atoms with Crippen LogP contribution in [0.25, 0.3) is 0 Å². The Balaban J connectivity index is 3.79. The van der Waals surface area contributed by atoms with Crippen LogP contribution in [0.5, 0.6) is 0 Å². The van der Waals surface area contributed by atoms with Gasteiger partial charge in [0.15, 0.2) is 0 Å². The average molecular weight is 174 g/mol. The van der Waals surface area contributed by atoms with Gasteiger partial charge < -0.3 is 9.33 Å². The summed E-state index contributed by atoms with van der Waals surface area (Å²) in [5, 5.41) is 0. The molecule has 0 atom stereocenters. The smallest absolute Gasteiger partial charge is 0.396 e. The predicted molar refractivity (Wildman–Crippen MR) is 46.9 cm³/mol. The molecule has 0 aliphatic heterocycles. The van der Waals surface area contributed by atoms with Crippen LogP contribution in [0, 0.1) is 0 Å². The first-order chi connectivity index (χ1) is 5.11. The topological polar surface area (TPSA) is 29.5 Å². The van der Waals surface area contributed by atoms with E-state index in [2.05, 4.69) is 0 Å². The molecule has 1 amide bonds. The molecule has 0 heterocycles. The molecule has 0 aromatic carbocycles. The van der Waals surface area contributed by atoms with Crippen molar-refractivity contribution in [2.24, 2.45) is 0 Å². The molecule has 0 saturated carbocycles. The Morgan fingerprint density at radius 2 is 1.82 bits per heavy atom. The van der Waals surface area contributed by atoms with Crippen LogP contribution >= 0.6 is 0 Å². The van der Waals surface area contributed by atoms with E-state index in [0.29, 0.717) is 0 Å². The first-order valence-electron chi connectivity index (χ1n) is 3.88. The lowest BCUT2D eigenvalue weighted by molar-refractivity contribution is 0.158. The summed E-state index contributed by atoms with van der Waals surface area (Å²) in [6.45, 7) is 9.25. The molecule has 4 heteroatoms. The second-order valence-corrected chi connectivity index (χ2v) is 4.47. The van der Waals surface area contributed by atoms with E-state index in [-0.39, 0.29) is 6.09 Å². The van der Waals surface area contributed by atoms with Crippen LogP contribution in [0.4, 0.5) is 4.79 Å². The third-order valence-electron chi connectivity index (χ3n) is 1.31. The number of rotatable bonds is 3. The van der Waals surface area contributed by atoms with Gasteiger partial charge in [0.25, 0.3) is 9.04 Å². The van der Waals surface area contributed by atoms with E-state index < -0.39 is 9.04 Å². The Kier molecular flexibility index (Phi) is 4.94. The molecule has 65 valence electrons. The second kappa shape index (κ2) is 5.18. The molecule has 0 N–H and O–H groups in total. The molecule has 11 heavy (non-hydrogen) atoms. The number of hydrogen-bond acceptors (Lipinski definition) is 2. The normalized spacial score (nSPS) is 9.91. The van der Waals surface area contributed by atoms with Gasteiger partial charge in [0.1, 0.15) is 0 Å². The highest BCUT2D eigenvalue weighted by Gasteiger charge is 2.12. The first-order valence-corrected chi connectivity index (χ1v) is 6.29. The minimum Gasteiger partial charge on any atom is -0.503 e. The monoisotopic (exact) mass is 174 g/mol. The molecule has 3 nitrogen and oxygen atoms in total. The van der Waals surface area contributed by atoms with Crippen molar-refractivity contribution in [3.05, 3.63) is 0 Å². The molecule has 0 unspecified atom stereocenters. The van der Waals surface area contributed by atoms with Gasteiger partial charge in [-0.15, -0.1) is 0 Å². The summed E-state index contributed by atoms with van der Waals surface area (Å²) in [7, 11) is -0.889. The van der Waals surface area contributed by atoms with Crippen molar-refractivity contribution in [2.75, 3.05) is 13.1 Å². The molecular formula is C7H16NO2Si. The number of amides is 1. The lowest BCUT2D eigenvalue weighted by Crippen LogP contribution is -2.33. The van der Waals surface area contributed by atoms with Crippen molar-refractivity contribution < 1.29 is 9.22 Å². The van der Waals surface area contributed by atoms with Gasteiger partial charge in [0.05, 0.1) is 0 Å². The summed E-state index contributed by atoms with van der Waals surface area (Å²) in [5.74, 6) is 0. The maximum absolute atomic E-state index is 11.1. The summed E-state index contributed by atoms with van der Waals surface area (Å²) < 4.78 is 5.08. The standard InChI is InChI=1S/C7H16NO2Si/c1-5-8(6-2)7(9)10-11(3)4/h5-6H2,1-4H3. The van der Waals surface area contributed by atoms with Gasteiger partial charge in [0.2, 0.25) is 0 Å². The summed E-state index contributed by atoms with van der Waals surface area (Å²) in [5.41, 5.74) is 0. The molecule has 0 fully saturated rings. The molecule has 1 radical (unpaired) electrons. The quantitative estimate of drug-likeness (QED) is 0.610. The predicted octanol–water partition coefficient (Wildman–Crippen LogP) is 1.72. The third-order valence-corrected chi connectivity index (χ3v) is 1.90. The van der Waals surface area contributed by atoms with Crippen molar-refractivity contribution in [3.63, 3.8) is 0 Å². The fourth-order valence-corrected chi connectivity index (χ4v) is 1.20. The van der Waals surface area contributed by atoms with Gasteiger partial charge >= 0.3 is 6.09 Å². The van der Waals surface area contributed by atoms with Gasteiger partial charge in [-0.25, -0.2) is 4.79 Å². The minimum atomic E-state index is -0.889. The van der Waals surface area contributed by atoms with Crippen molar-refractivity contribution in [1.82, 2.24) is 4.90 Å². The van der Waals surface area contributed by atoms with Gasteiger partial charge in [-0.05, 0) is 26.9 Å². The third kappa shape index (κ3) is 4.03. The lowest BCUT2D eigenvalue weighted by Gasteiger charge is -2.19. The van der Waals surface area contributed by atoms with Crippen LogP contribution in [-0.4, -0.2) is 33.1 Å². The van der Waals surface area contributed by atoms with Crippen molar-refractivity contribution >= 4 is 15.1 Å². The molecule has 0 aliphatic carbocycles. The molecule has 0 aromatic rings. The summed E-state index contributed by atoms with van der Waals surface area (Å²) >= 11 is 0. The summed E-state index contributed by atoms with van der Waals surface area (Å²) in [4.78, 5) is 12.8. The zero-order valence-corrected chi connectivity index (χ0v) is 8.68. The van der Waals surface area contributed by atoms with Crippen LogP contribution < -0.4 is 0 Å². The first kappa shape index (κ1) is 10.5. The maximum atomic E-state index is 11.1. The highest BCUT2D eigenvalue weighted by Crippen LogP contribution is 1.95. The molecule has 0 bridgehead atoms. The van der Waals surface area contributed by atoms with Crippen LogP contribution in [0.15, 0.2) is 0 Å². The van der Waals surface area contributed by atoms with Crippen molar-refractivity contribution in [1.29, 1.82) is 0 Å². The maximum Gasteiger partial charge on any atom is 0.396 e. The number of carbonyl (C=O) groups is 1. The van der Waals surface area contributed by atoms with Crippen molar-refractivity contribution in [3.8, 4) is 0 Å². The Hall–Kier alpha value is -0.513. The van der Waals surface area contributed by atoms with E-state index in [1.54, 1.807) is 4.90 Å². The molecular weight excluding hydrogens is 158 g/mol. The van der Waals surface area contributed by atoms with E-state index in [4.69, 9.17) is 4.43 Å². The Bertz CT molecular complexity index is 124. The van der Waals surface area contributed by atoms with Gasteiger partial charge in [-0.1, -0.05) is 0 Å². The van der Waals surface area contributed by atoms with Crippen molar-refractivity contribution in [2.45, 2.75) is 26.9 Å². The SMILES string of the molecule is CCN(CC)C(=O)O[Si](C)C. The van der Waals surface area contributed by atoms with E-state index in [0.717, 1.165) is 13.1 Å².